The van der Waals surface area contributed by atoms with Crippen LogP contribution in [0.25, 0.3) is 5.70 Å². The van der Waals surface area contributed by atoms with Crippen LogP contribution in [-0.4, -0.2) is 18.2 Å². The summed E-state index contributed by atoms with van der Waals surface area (Å²) in [6, 6.07) is 15.0. The van der Waals surface area contributed by atoms with Crippen molar-refractivity contribution in [2.75, 3.05) is 7.11 Å². The maximum absolute atomic E-state index is 12.7. The highest BCUT2D eigenvalue weighted by Crippen LogP contribution is 2.32. The van der Waals surface area contributed by atoms with Gasteiger partial charge in [-0.2, -0.15) is 0 Å². The molecule has 1 aliphatic rings. The van der Waals surface area contributed by atoms with E-state index >= 15 is 0 Å². The highest BCUT2D eigenvalue weighted by molar-refractivity contribution is 7.80. The molecule has 0 saturated carbocycles. The molecule has 0 spiro atoms. The summed E-state index contributed by atoms with van der Waals surface area (Å²) in [5, 5.41) is 7.37. The fourth-order valence-electron chi connectivity index (χ4n) is 3.06. The molecule has 0 unspecified atom stereocenters. The van der Waals surface area contributed by atoms with E-state index in [0.717, 1.165) is 11.1 Å². The Kier molecular flexibility index (Phi) is 5.82. The molecule has 6 heteroatoms. The first-order chi connectivity index (χ1) is 12.9. The number of carbonyl (C=O) groups is 1. The molecule has 27 heavy (non-hydrogen) atoms. The lowest BCUT2D eigenvalue weighted by Gasteiger charge is -2.31. The third-order valence-corrected chi connectivity index (χ3v) is 5.02. The number of hydrogen-bond acceptors (Lipinski definition) is 3. The summed E-state index contributed by atoms with van der Waals surface area (Å²) in [6.45, 7) is 4.29. The highest BCUT2D eigenvalue weighted by Gasteiger charge is 2.32. The van der Waals surface area contributed by atoms with Crippen LogP contribution < -0.4 is 10.6 Å². The van der Waals surface area contributed by atoms with Crippen LogP contribution in [0, 0.1) is 0 Å². The van der Waals surface area contributed by atoms with Crippen molar-refractivity contribution >= 4 is 40.6 Å². The molecule has 1 heterocycles. The maximum atomic E-state index is 12.7. The van der Waals surface area contributed by atoms with E-state index in [1.807, 2.05) is 24.3 Å². The molecule has 0 radical (unpaired) electrons. The fourth-order valence-corrected chi connectivity index (χ4v) is 3.41. The molecule has 3 rings (SSSR count). The zero-order valence-corrected chi connectivity index (χ0v) is 16.9. The number of nitrogens with one attached hydrogen (secondary N) is 2. The molecule has 140 valence electrons. The Morgan fingerprint density at radius 2 is 1.74 bits per heavy atom. The van der Waals surface area contributed by atoms with Gasteiger partial charge in [0.15, 0.2) is 5.11 Å². The van der Waals surface area contributed by atoms with Crippen LogP contribution in [0.2, 0.25) is 5.02 Å². The summed E-state index contributed by atoms with van der Waals surface area (Å²) < 4.78 is 5.07. The standard InChI is InChI=1S/C21H21ClN2O2S/c1-12(2)13-4-6-14(7-5-13)18-17(20(25)26-3)19(24-21(27)23-18)15-8-10-16(22)11-9-15/h4-12,18H,1-3H3,(H2,23,24,27)/t18-/m0/s1. The lowest BCUT2D eigenvalue weighted by atomic mass is 9.91. The lowest BCUT2D eigenvalue weighted by molar-refractivity contribution is -0.136. The molecular formula is C21H21ClN2O2S. The zero-order valence-electron chi connectivity index (χ0n) is 15.4. The van der Waals surface area contributed by atoms with Gasteiger partial charge in [-0.1, -0.05) is 61.8 Å². The van der Waals surface area contributed by atoms with Crippen molar-refractivity contribution in [3.8, 4) is 0 Å². The third-order valence-electron chi connectivity index (χ3n) is 4.55. The number of carbonyl (C=O) groups excluding carboxylic acids is 1. The summed E-state index contributed by atoms with van der Waals surface area (Å²) in [5.74, 6) is 0.0155. The van der Waals surface area contributed by atoms with Gasteiger partial charge in [-0.25, -0.2) is 4.79 Å². The lowest BCUT2D eigenvalue weighted by Crippen LogP contribution is -2.45. The second-order valence-electron chi connectivity index (χ2n) is 6.64. The van der Waals surface area contributed by atoms with E-state index in [1.54, 1.807) is 12.1 Å². The van der Waals surface area contributed by atoms with Crippen molar-refractivity contribution in [2.45, 2.75) is 25.8 Å². The SMILES string of the molecule is COC(=O)C1=C(c2ccc(Cl)cc2)NC(=S)N[C@H]1c1ccc(C(C)C)cc1. The first-order valence-electron chi connectivity index (χ1n) is 8.66. The quantitative estimate of drug-likeness (QED) is 0.581. The molecule has 0 aromatic heterocycles. The number of methoxy groups -OCH3 is 1. The van der Waals surface area contributed by atoms with E-state index in [0.29, 0.717) is 27.3 Å². The van der Waals surface area contributed by atoms with Crippen LogP contribution in [0.1, 0.15) is 42.5 Å². The molecule has 0 fully saturated rings. The first-order valence-corrected chi connectivity index (χ1v) is 9.45. The molecule has 0 aliphatic carbocycles. The number of hydrogen-bond donors (Lipinski definition) is 2. The monoisotopic (exact) mass is 400 g/mol. The van der Waals surface area contributed by atoms with E-state index in [1.165, 1.54) is 12.7 Å². The van der Waals surface area contributed by atoms with Gasteiger partial charge < -0.3 is 15.4 Å². The first kappa shape index (κ1) is 19.4. The van der Waals surface area contributed by atoms with Gasteiger partial charge in [0.25, 0.3) is 0 Å². The van der Waals surface area contributed by atoms with E-state index < -0.39 is 12.0 Å². The van der Waals surface area contributed by atoms with Gasteiger partial charge in [-0.05, 0) is 47.0 Å². The van der Waals surface area contributed by atoms with Crippen molar-refractivity contribution in [1.29, 1.82) is 0 Å². The summed E-state index contributed by atoms with van der Waals surface area (Å²) >= 11 is 11.4. The Morgan fingerprint density at radius 1 is 1.11 bits per heavy atom. The number of thiocarbonyl (C=S) groups is 1. The number of benzene rings is 2. The summed E-state index contributed by atoms with van der Waals surface area (Å²) in [7, 11) is 1.38. The molecule has 2 N–H and O–H groups in total. The van der Waals surface area contributed by atoms with Crippen molar-refractivity contribution in [3.63, 3.8) is 0 Å². The molecule has 2 aromatic rings. The van der Waals surface area contributed by atoms with Crippen LogP contribution in [0.5, 0.6) is 0 Å². The number of rotatable bonds is 4. The molecule has 1 aliphatic heterocycles. The van der Waals surface area contributed by atoms with Crippen molar-refractivity contribution in [3.05, 3.63) is 75.8 Å². The topological polar surface area (TPSA) is 50.4 Å². The van der Waals surface area contributed by atoms with Gasteiger partial charge in [0, 0.05) is 5.02 Å². The molecule has 0 saturated heterocycles. The van der Waals surface area contributed by atoms with E-state index in [-0.39, 0.29) is 0 Å². The predicted octanol–water partition coefficient (Wildman–Crippen LogP) is 4.57. The van der Waals surface area contributed by atoms with Crippen LogP contribution in [0.3, 0.4) is 0 Å². The van der Waals surface area contributed by atoms with Crippen LogP contribution in [0.4, 0.5) is 0 Å². The molecule has 1 atom stereocenters. The Bertz CT molecular complexity index is 889. The average molecular weight is 401 g/mol. The number of esters is 1. The van der Waals surface area contributed by atoms with Gasteiger partial charge in [-0.15, -0.1) is 0 Å². The minimum absolute atomic E-state index is 0.405. The Labute approximate surface area is 169 Å². The number of halogens is 1. The van der Waals surface area contributed by atoms with Gasteiger partial charge in [0.1, 0.15) is 0 Å². The zero-order chi connectivity index (χ0) is 19.6. The molecule has 0 amide bonds. The van der Waals surface area contributed by atoms with Crippen LogP contribution in [0.15, 0.2) is 54.1 Å². The Hall–Kier alpha value is -2.37. The molecule has 4 nitrogen and oxygen atoms in total. The summed E-state index contributed by atoms with van der Waals surface area (Å²) in [6.07, 6.45) is 0. The second-order valence-corrected chi connectivity index (χ2v) is 7.48. The average Bonchev–Trinajstić information content (AvgIpc) is 2.67. The molecule has 2 aromatic carbocycles. The normalized spacial score (nSPS) is 16.8. The third kappa shape index (κ3) is 4.15. The smallest absolute Gasteiger partial charge is 0.338 e. The van der Waals surface area contributed by atoms with E-state index in [9.17, 15) is 4.79 Å². The van der Waals surface area contributed by atoms with Crippen molar-refractivity contribution < 1.29 is 9.53 Å². The minimum Gasteiger partial charge on any atom is -0.466 e. The van der Waals surface area contributed by atoms with Gasteiger partial charge >= 0.3 is 5.97 Å². The summed E-state index contributed by atoms with van der Waals surface area (Å²) in [5.41, 5.74) is 4.09. The van der Waals surface area contributed by atoms with Gasteiger partial charge in [0.2, 0.25) is 0 Å². The maximum Gasteiger partial charge on any atom is 0.338 e. The Balaban J connectivity index is 2.13. The van der Waals surface area contributed by atoms with Gasteiger partial charge in [0.05, 0.1) is 24.4 Å². The fraction of sp³-hybridized carbons (Fsp3) is 0.238. The van der Waals surface area contributed by atoms with Gasteiger partial charge in [-0.3, -0.25) is 0 Å². The molecule has 0 bridgehead atoms. The summed E-state index contributed by atoms with van der Waals surface area (Å²) in [4.78, 5) is 12.7. The van der Waals surface area contributed by atoms with Crippen LogP contribution in [-0.2, 0) is 9.53 Å². The largest absolute Gasteiger partial charge is 0.466 e. The number of ether oxygens (including phenoxy) is 1. The van der Waals surface area contributed by atoms with E-state index in [2.05, 4.69) is 36.6 Å². The van der Waals surface area contributed by atoms with Crippen molar-refractivity contribution in [2.24, 2.45) is 0 Å². The Morgan fingerprint density at radius 3 is 2.30 bits per heavy atom. The molecular weight excluding hydrogens is 380 g/mol. The highest BCUT2D eigenvalue weighted by atomic mass is 35.5. The van der Waals surface area contributed by atoms with E-state index in [4.69, 9.17) is 28.6 Å². The second kappa shape index (κ2) is 8.11. The van der Waals surface area contributed by atoms with Crippen LogP contribution >= 0.6 is 23.8 Å². The minimum atomic E-state index is -0.416. The predicted molar refractivity (Wildman–Crippen MR) is 113 cm³/mol. The van der Waals surface area contributed by atoms with Crippen molar-refractivity contribution in [1.82, 2.24) is 10.6 Å².